The van der Waals surface area contributed by atoms with Crippen molar-refractivity contribution in [3.63, 3.8) is 0 Å². The molecular formula is C31H35Cl3N4O7S. The topological polar surface area (TPSA) is 139 Å². The van der Waals surface area contributed by atoms with Crippen molar-refractivity contribution in [2.24, 2.45) is 0 Å². The lowest BCUT2D eigenvalue weighted by Gasteiger charge is -2.35. The Hall–Kier alpha value is -3.58. The fraction of sp³-hybridized carbons (Fsp3) is 0.355. The SMILES string of the molecule is CC[C@H](C(=O)NC(C)(C)C)N(Cc1ccc(Cl)c(Cl)c1)C(=O)CN(c1cc(Cl)ccc1OC)S(=O)(=O)c1ccc(C)c([N+](=O)[O-])c1. The molecule has 3 aromatic carbocycles. The number of nitrogens with one attached hydrogen (secondary N) is 1. The van der Waals surface area contributed by atoms with Crippen molar-refractivity contribution < 1.29 is 27.7 Å². The van der Waals surface area contributed by atoms with Gasteiger partial charge in [-0.15, -0.1) is 0 Å². The highest BCUT2D eigenvalue weighted by Crippen LogP contribution is 2.36. The minimum atomic E-state index is -4.67. The van der Waals surface area contributed by atoms with Gasteiger partial charge in [0.1, 0.15) is 18.3 Å². The first-order valence-corrected chi connectivity index (χ1v) is 16.6. The molecule has 3 rings (SSSR count). The first-order chi connectivity index (χ1) is 21.4. The molecular weight excluding hydrogens is 679 g/mol. The third-order valence-electron chi connectivity index (χ3n) is 6.87. The molecule has 46 heavy (non-hydrogen) atoms. The Morgan fingerprint density at radius 2 is 1.70 bits per heavy atom. The van der Waals surface area contributed by atoms with Crippen molar-refractivity contribution in [3.05, 3.63) is 90.9 Å². The van der Waals surface area contributed by atoms with Gasteiger partial charge in [0.2, 0.25) is 11.8 Å². The van der Waals surface area contributed by atoms with E-state index in [0.29, 0.717) is 10.6 Å². The smallest absolute Gasteiger partial charge is 0.273 e. The van der Waals surface area contributed by atoms with Crippen molar-refractivity contribution in [2.75, 3.05) is 18.0 Å². The monoisotopic (exact) mass is 712 g/mol. The Balaban J connectivity index is 2.21. The number of aryl methyl sites for hydroxylation is 1. The summed E-state index contributed by atoms with van der Waals surface area (Å²) in [4.78, 5) is 39.7. The fourth-order valence-electron chi connectivity index (χ4n) is 4.65. The number of carbonyl (C=O) groups excluding carboxylic acids is 2. The van der Waals surface area contributed by atoms with E-state index in [4.69, 9.17) is 39.5 Å². The standard InChI is InChI=1S/C31H35Cl3N4O7S/c1-7-25(30(40)35-31(3,4)5)36(17-20-9-12-23(33)24(34)14-20)29(39)18-37(27-15-21(32)10-13-28(27)45-6)46(43,44)22-11-8-19(2)26(16-22)38(41)42/h8-16,25H,7,17-18H2,1-6H3,(H,35,40)/t25-/m1/s1. The number of carbonyl (C=O) groups is 2. The van der Waals surface area contributed by atoms with E-state index < -0.39 is 55.5 Å². The fourth-order valence-corrected chi connectivity index (χ4v) is 6.58. The number of methoxy groups -OCH3 is 1. The van der Waals surface area contributed by atoms with Crippen molar-refractivity contribution in [2.45, 2.75) is 64.1 Å². The van der Waals surface area contributed by atoms with E-state index in [9.17, 15) is 28.1 Å². The van der Waals surface area contributed by atoms with Crippen molar-refractivity contribution >= 4 is 68.0 Å². The first-order valence-electron chi connectivity index (χ1n) is 14.1. The second-order valence-corrected chi connectivity index (χ2v) is 14.6. The number of nitro benzene ring substituents is 1. The number of hydrogen-bond acceptors (Lipinski definition) is 7. The van der Waals surface area contributed by atoms with Gasteiger partial charge >= 0.3 is 0 Å². The van der Waals surface area contributed by atoms with Gasteiger partial charge in [0.05, 0.1) is 32.7 Å². The maximum Gasteiger partial charge on any atom is 0.273 e. The number of halogens is 3. The van der Waals surface area contributed by atoms with E-state index in [1.165, 1.54) is 49.3 Å². The molecule has 0 aliphatic carbocycles. The van der Waals surface area contributed by atoms with Gasteiger partial charge in [0.25, 0.3) is 15.7 Å². The second-order valence-electron chi connectivity index (χ2n) is 11.5. The zero-order valence-corrected chi connectivity index (χ0v) is 29.2. The van der Waals surface area contributed by atoms with Crippen molar-refractivity contribution in [3.8, 4) is 5.75 Å². The van der Waals surface area contributed by atoms with Gasteiger partial charge in [-0.25, -0.2) is 8.42 Å². The van der Waals surface area contributed by atoms with Gasteiger partial charge < -0.3 is 15.0 Å². The lowest BCUT2D eigenvalue weighted by Crippen LogP contribution is -2.55. The average molecular weight is 714 g/mol. The molecule has 3 aromatic rings. The van der Waals surface area contributed by atoms with Crippen LogP contribution in [0.1, 0.15) is 45.2 Å². The molecule has 1 atom stereocenters. The van der Waals surface area contributed by atoms with E-state index in [1.54, 1.807) is 45.9 Å². The minimum Gasteiger partial charge on any atom is -0.495 e. The van der Waals surface area contributed by atoms with E-state index in [2.05, 4.69) is 5.32 Å². The quantitative estimate of drug-likeness (QED) is 0.161. The van der Waals surface area contributed by atoms with E-state index >= 15 is 0 Å². The molecule has 0 aromatic heterocycles. The van der Waals surface area contributed by atoms with Crippen LogP contribution in [0.3, 0.4) is 0 Å². The molecule has 0 spiro atoms. The van der Waals surface area contributed by atoms with Gasteiger partial charge in [-0.1, -0.05) is 53.9 Å². The van der Waals surface area contributed by atoms with Gasteiger partial charge in [0.15, 0.2) is 0 Å². The maximum absolute atomic E-state index is 14.3. The summed E-state index contributed by atoms with van der Waals surface area (Å²) in [5, 5.41) is 15.2. The number of anilines is 1. The molecule has 0 aliphatic heterocycles. The third-order valence-corrected chi connectivity index (χ3v) is 9.60. The van der Waals surface area contributed by atoms with Crippen LogP contribution in [0.5, 0.6) is 5.75 Å². The normalized spacial score (nSPS) is 12.3. The highest BCUT2D eigenvalue weighted by atomic mass is 35.5. The third kappa shape index (κ3) is 8.81. The van der Waals surface area contributed by atoms with Crippen LogP contribution in [0.2, 0.25) is 15.1 Å². The molecule has 248 valence electrons. The molecule has 11 nitrogen and oxygen atoms in total. The number of amides is 2. The highest BCUT2D eigenvalue weighted by Gasteiger charge is 2.36. The van der Waals surface area contributed by atoms with Crippen LogP contribution in [-0.2, 0) is 26.2 Å². The molecule has 0 heterocycles. The Morgan fingerprint density at radius 3 is 2.26 bits per heavy atom. The van der Waals surface area contributed by atoms with Gasteiger partial charge in [-0.05, 0) is 76.1 Å². The lowest BCUT2D eigenvalue weighted by atomic mass is 10.1. The molecule has 0 saturated heterocycles. The molecule has 0 aliphatic rings. The zero-order valence-electron chi connectivity index (χ0n) is 26.1. The molecule has 0 radical (unpaired) electrons. The Kier molecular flexibility index (Phi) is 11.9. The number of hydrogen-bond donors (Lipinski definition) is 1. The molecule has 1 N–H and O–H groups in total. The molecule has 2 amide bonds. The van der Waals surface area contributed by atoms with Crippen LogP contribution in [0.15, 0.2) is 59.5 Å². The Morgan fingerprint density at radius 1 is 1.02 bits per heavy atom. The summed E-state index contributed by atoms with van der Waals surface area (Å²) in [7, 11) is -3.35. The number of rotatable bonds is 12. The van der Waals surface area contributed by atoms with E-state index in [0.717, 1.165) is 10.4 Å². The Labute approximate surface area is 283 Å². The van der Waals surface area contributed by atoms with Crippen LogP contribution in [0, 0.1) is 17.0 Å². The summed E-state index contributed by atoms with van der Waals surface area (Å²) in [5.41, 5.74) is -0.360. The number of ether oxygens (including phenoxy) is 1. The predicted octanol–water partition coefficient (Wildman–Crippen LogP) is 6.79. The number of nitrogens with zero attached hydrogens (tertiary/aromatic N) is 3. The van der Waals surface area contributed by atoms with E-state index in [1.807, 2.05) is 0 Å². The predicted molar refractivity (Wildman–Crippen MR) is 179 cm³/mol. The summed E-state index contributed by atoms with van der Waals surface area (Å²) in [6.07, 6.45) is 0.187. The zero-order chi connectivity index (χ0) is 34.6. The summed E-state index contributed by atoms with van der Waals surface area (Å²) in [5.74, 6) is -1.14. The van der Waals surface area contributed by atoms with Crippen LogP contribution < -0.4 is 14.4 Å². The average Bonchev–Trinajstić information content (AvgIpc) is 2.96. The molecule has 15 heteroatoms. The van der Waals surface area contributed by atoms with Crippen LogP contribution >= 0.6 is 34.8 Å². The van der Waals surface area contributed by atoms with Crippen LogP contribution in [0.4, 0.5) is 11.4 Å². The van der Waals surface area contributed by atoms with Gasteiger partial charge in [-0.2, -0.15) is 0 Å². The summed E-state index contributed by atoms with van der Waals surface area (Å²) >= 11 is 18.6. The number of nitro groups is 1. The largest absolute Gasteiger partial charge is 0.495 e. The highest BCUT2D eigenvalue weighted by molar-refractivity contribution is 7.92. The lowest BCUT2D eigenvalue weighted by molar-refractivity contribution is -0.385. The number of sulfonamides is 1. The molecule has 0 bridgehead atoms. The molecule has 0 fully saturated rings. The summed E-state index contributed by atoms with van der Waals surface area (Å²) in [6.45, 7) is 7.64. The molecule has 0 saturated carbocycles. The van der Waals surface area contributed by atoms with E-state index in [-0.39, 0.29) is 40.0 Å². The van der Waals surface area contributed by atoms with Crippen molar-refractivity contribution in [1.29, 1.82) is 0 Å². The molecule has 0 unspecified atom stereocenters. The number of benzene rings is 3. The Bertz CT molecular complexity index is 1750. The first kappa shape index (κ1) is 36.9. The van der Waals surface area contributed by atoms with Crippen LogP contribution in [-0.4, -0.2) is 55.3 Å². The summed E-state index contributed by atoms with van der Waals surface area (Å²) < 4.78 is 34.8. The van der Waals surface area contributed by atoms with Crippen LogP contribution in [0.25, 0.3) is 0 Å². The maximum atomic E-state index is 14.3. The minimum absolute atomic E-state index is 0.0657. The van der Waals surface area contributed by atoms with Gasteiger partial charge in [0, 0.05) is 28.7 Å². The van der Waals surface area contributed by atoms with Crippen molar-refractivity contribution in [1.82, 2.24) is 10.2 Å². The van der Waals surface area contributed by atoms with Gasteiger partial charge in [-0.3, -0.25) is 24.0 Å². The summed E-state index contributed by atoms with van der Waals surface area (Å²) in [6, 6.07) is 11.4. The second kappa shape index (κ2) is 14.9.